The van der Waals surface area contributed by atoms with Crippen molar-refractivity contribution in [1.29, 1.82) is 0 Å². The number of oxazole rings is 1. The summed E-state index contributed by atoms with van der Waals surface area (Å²) in [5.41, 5.74) is 0.728. The number of fused-ring (bicyclic) bond motifs is 1. The summed E-state index contributed by atoms with van der Waals surface area (Å²) in [5, 5.41) is 3.61. The first kappa shape index (κ1) is 14.6. The molecule has 0 saturated carbocycles. The standard InChI is InChI=1S/C13H16ClN3O3S/c1-8-7-15-3-4-17(8)13-16-10-5-9(14)6-11(12(10)20-13)21(2,18)19/h5-6,8,15H,3-4,7H2,1-2H3/t8-/m0/s1. The van der Waals surface area contributed by atoms with Crippen molar-refractivity contribution in [2.45, 2.75) is 17.9 Å². The molecule has 0 aliphatic carbocycles. The first-order valence-corrected chi connectivity index (χ1v) is 8.90. The number of piperazine rings is 1. The number of halogens is 1. The van der Waals surface area contributed by atoms with Crippen LogP contribution in [0.2, 0.25) is 5.02 Å². The highest BCUT2D eigenvalue weighted by atomic mass is 35.5. The Morgan fingerprint density at radius 3 is 2.90 bits per heavy atom. The van der Waals surface area contributed by atoms with Gasteiger partial charge in [0.15, 0.2) is 15.4 Å². The van der Waals surface area contributed by atoms with Crippen LogP contribution in [0, 0.1) is 0 Å². The van der Waals surface area contributed by atoms with Crippen LogP contribution in [0.3, 0.4) is 0 Å². The van der Waals surface area contributed by atoms with Crippen LogP contribution in [-0.2, 0) is 9.84 Å². The van der Waals surface area contributed by atoms with Gasteiger partial charge in [-0.15, -0.1) is 0 Å². The van der Waals surface area contributed by atoms with E-state index in [9.17, 15) is 8.42 Å². The van der Waals surface area contributed by atoms with Crippen LogP contribution in [0.4, 0.5) is 6.01 Å². The highest BCUT2D eigenvalue weighted by Gasteiger charge is 2.25. The van der Waals surface area contributed by atoms with E-state index in [4.69, 9.17) is 16.0 Å². The van der Waals surface area contributed by atoms with Gasteiger partial charge in [-0.2, -0.15) is 4.98 Å². The predicted octanol–water partition coefficient (Wildman–Crippen LogP) is 1.68. The topological polar surface area (TPSA) is 75.4 Å². The number of hydrogen-bond acceptors (Lipinski definition) is 6. The van der Waals surface area contributed by atoms with E-state index >= 15 is 0 Å². The molecular weight excluding hydrogens is 314 g/mol. The van der Waals surface area contributed by atoms with E-state index in [1.54, 1.807) is 6.07 Å². The molecular formula is C13H16ClN3O3S. The average molecular weight is 330 g/mol. The molecule has 1 atom stereocenters. The summed E-state index contributed by atoms with van der Waals surface area (Å²) in [6.45, 7) is 4.49. The van der Waals surface area contributed by atoms with Crippen molar-refractivity contribution in [3.63, 3.8) is 0 Å². The van der Waals surface area contributed by atoms with Gasteiger partial charge < -0.3 is 14.6 Å². The van der Waals surface area contributed by atoms with Crippen LogP contribution in [0.5, 0.6) is 0 Å². The molecule has 0 bridgehead atoms. The van der Waals surface area contributed by atoms with Crippen molar-refractivity contribution in [1.82, 2.24) is 10.3 Å². The van der Waals surface area contributed by atoms with Crippen molar-refractivity contribution in [3.8, 4) is 0 Å². The number of aromatic nitrogens is 1. The zero-order valence-electron chi connectivity index (χ0n) is 11.8. The van der Waals surface area contributed by atoms with Gasteiger partial charge >= 0.3 is 0 Å². The lowest BCUT2D eigenvalue weighted by atomic mass is 10.2. The SMILES string of the molecule is C[C@H]1CNCCN1c1nc2cc(Cl)cc(S(C)(=O)=O)c2o1. The van der Waals surface area contributed by atoms with Gasteiger partial charge in [-0.1, -0.05) is 11.6 Å². The highest BCUT2D eigenvalue weighted by Crippen LogP contribution is 2.31. The molecule has 3 rings (SSSR count). The van der Waals surface area contributed by atoms with Gasteiger partial charge in [0, 0.05) is 37.0 Å². The summed E-state index contributed by atoms with van der Waals surface area (Å²) >= 11 is 5.98. The van der Waals surface area contributed by atoms with Crippen LogP contribution in [0.1, 0.15) is 6.92 Å². The maximum absolute atomic E-state index is 11.9. The molecule has 114 valence electrons. The fraction of sp³-hybridized carbons (Fsp3) is 0.462. The van der Waals surface area contributed by atoms with Gasteiger partial charge in [0.1, 0.15) is 10.4 Å². The second-order valence-corrected chi connectivity index (χ2v) is 7.69. The van der Waals surface area contributed by atoms with Crippen molar-refractivity contribution >= 4 is 38.6 Å². The van der Waals surface area contributed by atoms with E-state index in [-0.39, 0.29) is 16.5 Å². The predicted molar refractivity (Wildman–Crippen MR) is 81.8 cm³/mol. The zero-order chi connectivity index (χ0) is 15.2. The first-order valence-electron chi connectivity index (χ1n) is 6.64. The van der Waals surface area contributed by atoms with Crippen LogP contribution in [0.15, 0.2) is 21.4 Å². The molecule has 0 spiro atoms. The summed E-state index contributed by atoms with van der Waals surface area (Å²) in [5.74, 6) is 0. The summed E-state index contributed by atoms with van der Waals surface area (Å²) in [4.78, 5) is 6.50. The first-order chi connectivity index (χ1) is 9.86. The molecule has 1 aromatic heterocycles. The number of rotatable bonds is 2. The fourth-order valence-corrected chi connectivity index (χ4v) is 3.58. The molecule has 21 heavy (non-hydrogen) atoms. The molecule has 1 aliphatic rings. The van der Waals surface area contributed by atoms with E-state index in [2.05, 4.69) is 17.2 Å². The third-order valence-corrected chi connectivity index (χ3v) is 4.88. The molecule has 1 saturated heterocycles. The van der Waals surface area contributed by atoms with Gasteiger partial charge in [0.05, 0.1) is 0 Å². The highest BCUT2D eigenvalue weighted by molar-refractivity contribution is 7.91. The quantitative estimate of drug-likeness (QED) is 0.903. The minimum Gasteiger partial charge on any atom is -0.422 e. The molecule has 1 aliphatic heterocycles. The second-order valence-electron chi connectivity index (χ2n) is 5.27. The van der Waals surface area contributed by atoms with Gasteiger partial charge in [-0.3, -0.25) is 0 Å². The molecule has 0 amide bonds. The number of nitrogens with zero attached hydrogens (tertiary/aromatic N) is 2. The maximum atomic E-state index is 11.9. The van der Waals surface area contributed by atoms with Crippen LogP contribution < -0.4 is 10.2 Å². The van der Waals surface area contributed by atoms with Gasteiger partial charge in [-0.25, -0.2) is 8.42 Å². The third-order valence-electron chi connectivity index (χ3n) is 3.56. The monoisotopic (exact) mass is 329 g/mol. The lowest BCUT2D eigenvalue weighted by Gasteiger charge is -2.32. The molecule has 2 aromatic rings. The number of sulfone groups is 1. The normalized spacial score (nSPS) is 20.1. The van der Waals surface area contributed by atoms with Gasteiger partial charge in [0.2, 0.25) is 0 Å². The van der Waals surface area contributed by atoms with E-state index in [0.717, 1.165) is 25.9 Å². The van der Waals surface area contributed by atoms with E-state index in [1.807, 2.05) is 4.90 Å². The van der Waals surface area contributed by atoms with Crippen LogP contribution in [-0.4, -0.2) is 45.3 Å². The van der Waals surface area contributed by atoms with E-state index in [1.165, 1.54) is 6.07 Å². The van der Waals surface area contributed by atoms with E-state index in [0.29, 0.717) is 16.6 Å². The van der Waals surface area contributed by atoms with Gasteiger partial charge in [-0.05, 0) is 19.1 Å². The molecule has 8 heteroatoms. The smallest absolute Gasteiger partial charge is 0.298 e. The Balaban J connectivity index is 2.16. The average Bonchev–Trinajstić information content (AvgIpc) is 2.80. The largest absolute Gasteiger partial charge is 0.422 e. The second kappa shape index (κ2) is 5.15. The third kappa shape index (κ3) is 2.73. The Labute approximate surface area is 128 Å². The summed E-state index contributed by atoms with van der Waals surface area (Å²) in [6.07, 6.45) is 1.13. The Kier molecular flexibility index (Phi) is 3.59. The van der Waals surface area contributed by atoms with Crippen molar-refractivity contribution in [2.24, 2.45) is 0 Å². The van der Waals surface area contributed by atoms with Crippen molar-refractivity contribution < 1.29 is 12.8 Å². The molecule has 1 N–H and O–H groups in total. The molecule has 1 fully saturated rings. The Morgan fingerprint density at radius 2 is 2.24 bits per heavy atom. The molecule has 2 heterocycles. The molecule has 6 nitrogen and oxygen atoms in total. The van der Waals surface area contributed by atoms with E-state index < -0.39 is 9.84 Å². The number of benzene rings is 1. The summed E-state index contributed by atoms with van der Waals surface area (Å²) < 4.78 is 29.5. The minimum atomic E-state index is -3.43. The number of nitrogens with one attached hydrogen (secondary N) is 1. The number of anilines is 1. The molecule has 1 aromatic carbocycles. The van der Waals surface area contributed by atoms with Crippen LogP contribution >= 0.6 is 11.6 Å². The fourth-order valence-electron chi connectivity index (χ4n) is 2.48. The minimum absolute atomic E-state index is 0.0755. The van der Waals surface area contributed by atoms with Crippen LogP contribution in [0.25, 0.3) is 11.1 Å². The lowest BCUT2D eigenvalue weighted by molar-refractivity contribution is 0.455. The summed E-state index contributed by atoms with van der Waals surface area (Å²) in [7, 11) is -3.43. The Morgan fingerprint density at radius 1 is 1.48 bits per heavy atom. The number of hydrogen-bond donors (Lipinski definition) is 1. The summed E-state index contributed by atoms with van der Waals surface area (Å²) in [6, 6.07) is 3.68. The lowest BCUT2D eigenvalue weighted by Crippen LogP contribution is -2.50. The Bertz CT molecular complexity index is 787. The Hall–Kier alpha value is -1.31. The molecule has 0 unspecified atom stereocenters. The maximum Gasteiger partial charge on any atom is 0.298 e. The van der Waals surface area contributed by atoms with Crippen molar-refractivity contribution in [2.75, 3.05) is 30.8 Å². The molecule has 0 radical (unpaired) electrons. The van der Waals surface area contributed by atoms with Gasteiger partial charge in [0.25, 0.3) is 6.01 Å². The van der Waals surface area contributed by atoms with Crippen molar-refractivity contribution in [3.05, 3.63) is 17.2 Å². The zero-order valence-corrected chi connectivity index (χ0v) is 13.3.